The van der Waals surface area contributed by atoms with E-state index < -0.39 is 0 Å². The Balaban J connectivity index is 2.13. The van der Waals surface area contributed by atoms with Crippen LogP contribution < -0.4 is 0 Å². The van der Waals surface area contributed by atoms with Crippen LogP contribution in [0.1, 0.15) is 47.6 Å². The third-order valence-electron chi connectivity index (χ3n) is 3.68. The molecule has 0 radical (unpaired) electrons. The van der Waals surface area contributed by atoms with Gasteiger partial charge in [0.05, 0.1) is 5.69 Å². The van der Waals surface area contributed by atoms with E-state index in [2.05, 4.69) is 23.3 Å². The fraction of sp³-hybridized carbons (Fsp3) is 0.400. The first-order chi connectivity index (χ1) is 9.85. The SMILES string of the molecule is CCc1ccccc1-n1nnc(C=O)c1C1CCCO1. The van der Waals surface area contributed by atoms with Crippen molar-refractivity contribution in [1.29, 1.82) is 0 Å². The number of rotatable bonds is 4. The van der Waals surface area contributed by atoms with Crippen LogP contribution in [0.25, 0.3) is 5.69 Å². The maximum atomic E-state index is 11.2. The van der Waals surface area contributed by atoms with Gasteiger partial charge in [-0.3, -0.25) is 4.79 Å². The molecule has 1 aliphatic rings. The van der Waals surface area contributed by atoms with Crippen LogP contribution in [0, 0.1) is 0 Å². The summed E-state index contributed by atoms with van der Waals surface area (Å²) in [6.07, 6.45) is 3.48. The van der Waals surface area contributed by atoms with E-state index in [-0.39, 0.29) is 6.10 Å². The molecule has 5 nitrogen and oxygen atoms in total. The quantitative estimate of drug-likeness (QED) is 0.802. The lowest BCUT2D eigenvalue weighted by Gasteiger charge is -2.14. The van der Waals surface area contributed by atoms with Crippen molar-refractivity contribution in [2.75, 3.05) is 6.61 Å². The molecule has 0 amide bonds. The number of hydrogen-bond acceptors (Lipinski definition) is 4. The average Bonchev–Trinajstić information content (AvgIpc) is 3.15. The Morgan fingerprint density at radius 1 is 1.45 bits per heavy atom. The summed E-state index contributed by atoms with van der Waals surface area (Å²) in [6.45, 7) is 2.83. The summed E-state index contributed by atoms with van der Waals surface area (Å²) in [5.74, 6) is 0. The maximum absolute atomic E-state index is 11.2. The van der Waals surface area contributed by atoms with E-state index in [1.54, 1.807) is 4.68 Å². The molecule has 5 heteroatoms. The molecule has 1 unspecified atom stereocenters. The molecule has 1 aromatic heterocycles. The topological polar surface area (TPSA) is 57.0 Å². The van der Waals surface area contributed by atoms with E-state index in [1.165, 1.54) is 5.56 Å². The van der Waals surface area contributed by atoms with Crippen LogP contribution in [0.4, 0.5) is 0 Å². The fourth-order valence-corrected chi connectivity index (χ4v) is 2.67. The Labute approximate surface area is 117 Å². The second-order valence-corrected chi connectivity index (χ2v) is 4.87. The largest absolute Gasteiger partial charge is 0.372 e. The van der Waals surface area contributed by atoms with Crippen LogP contribution in [0.3, 0.4) is 0 Å². The lowest BCUT2D eigenvalue weighted by molar-refractivity contribution is 0.102. The standard InChI is InChI=1S/C15H17N3O2/c1-2-11-6-3-4-7-13(11)18-15(12(10-19)16-17-18)14-8-5-9-20-14/h3-4,6-7,10,14H,2,5,8-9H2,1H3. The first-order valence-electron chi connectivity index (χ1n) is 6.95. The summed E-state index contributed by atoms with van der Waals surface area (Å²) >= 11 is 0. The van der Waals surface area contributed by atoms with E-state index in [0.717, 1.165) is 43.5 Å². The first-order valence-corrected chi connectivity index (χ1v) is 6.95. The van der Waals surface area contributed by atoms with Crippen LogP contribution in [-0.2, 0) is 11.2 Å². The minimum Gasteiger partial charge on any atom is -0.372 e. The molecule has 1 atom stereocenters. The molecule has 1 aromatic carbocycles. The zero-order valence-electron chi connectivity index (χ0n) is 11.5. The summed E-state index contributed by atoms with van der Waals surface area (Å²) < 4.78 is 7.48. The van der Waals surface area contributed by atoms with Gasteiger partial charge in [-0.15, -0.1) is 5.10 Å². The third-order valence-corrected chi connectivity index (χ3v) is 3.68. The van der Waals surface area contributed by atoms with E-state index in [9.17, 15) is 4.79 Å². The number of aromatic nitrogens is 3. The molecule has 1 fully saturated rings. The molecule has 2 heterocycles. The highest BCUT2D eigenvalue weighted by Gasteiger charge is 2.27. The molecule has 104 valence electrons. The number of benzene rings is 1. The van der Waals surface area contributed by atoms with Gasteiger partial charge in [-0.1, -0.05) is 30.3 Å². The molecule has 0 saturated carbocycles. The zero-order chi connectivity index (χ0) is 13.9. The summed E-state index contributed by atoms with van der Waals surface area (Å²) in [4.78, 5) is 11.2. The maximum Gasteiger partial charge on any atom is 0.172 e. The van der Waals surface area contributed by atoms with Gasteiger partial charge in [-0.2, -0.15) is 0 Å². The Bertz CT molecular complexity index is 615. The Kier molecular flexibility index (Phi) is 3.60. The van der Waals surface area contributed by atoms with Crippen molar-refractivity contribution >= 4 is 6.29 Å². The van der Waals surface area contributed by atoms with Crippen molar-refractivity contribution in [2.45, 2.75) is 32.3 Å². The summed E-state index contributed by atoms with van der Waals surface area (Å²) in [6, 6.07) is 8.04. The second kappa shape index (κ2) is 5.54. The lowest BCUT2D eigenvalue weighted by atomic mass is 10.1. The van der Waals surface area contributed by atoms with Gasteiger partial charge in [0.25, 0.3) is 0 Å². The fourth-order valence-electron chi connectivity index (χ4n) is 2.67. The van der Waals surface area contributed by atoms with Gasteiger partial charge in [0.1, 0.15) is 11.8 Å². The average molecular weight is 271 g/mol. The summed E-state index contributed by atoms with van der Waals surface area (Å²) in [7, 11) is 0. The molecule has 0 aliphatic carbocycles. The van der Waals surface area contributed by atoms with Crippen molar-refractivity contribution in [2.24, 2.45) is 0 Å². The number of aldehydes is 1. The monoisotopic (exact) mass is 271 g/mol. The van der Waals surface area contributed by atoms with Crippen molar-refractivity contribution in [3.05, 3.63) is 41.2 Å². The van der Waals surface area contributed by atoms with E-state index >= 15 is 0 Å². The predicted molar refractivity (Wildman–Crippen MR) is 74.1 cm³/mol. The highest BCUT2D eigenvalue weighted by atomic mass is 16.5. The summed E-state index contributed by atoms with van der Waals surface area (Å²) in [5, 5.41) is 8.16. The van der Waals surface area contributed by atoms with E-state index in [0.29, 0.717) is 5.69 Å². The lowest BCUT2D eigenvalue weighted by Crippen LogP contribution is -2.10. The molecule has 1 aliphatic heterocycles. The number of para-hydroxylation sites is 1. The van der Waals surface area contributed by atoms with Crippen LogP contribution in [0.15, 0.2) is 24.3 Å². The molecular formula is C15H17N3O2. The molecule has 2 aromatic rings. The predicted octanol–water partition coefficient (Wildman–Crippen LogP) is 2.49. The van der Waals surface area contributed by atoms with Crippen molar-refractivity contribution in [3.8, 4) is 5.69 Å². The number of hydrogen-bond donors (Lipinski definition) is 0. The molecule has 1 saturated heterocycles. The molecular weight excluding hydrogens is 254 g/mol. The highest BCUT2D eigenvalue weighted by Crippen LogP contribution is 2.31. The van der Waals surface area contributed by atoms with Gasteiger partial charge in [-0.05, 0) is 30.9 Å². The minimum atomic E-state index is -0.0879. The molecule has 0 spiro atoms. The van der Waals surface area contributed by atoms with Gasteiger partial charge in [0, 0.05) is 6.61 Å². The van der Waals surface area contributed by atoms with Gasteiger partial charge < -0.3 is 4.74 Å². The molecule has 3 rings (SSSR count). The van der Waals surface area contributed by atoms with Crippen LogP contribution >= 0.6 is 0 Å². The minimum absolute atomic E-state index is 0.0879. The van der Waals surface area contributed by atoms with Crippen molar-refractivity contribution in [3.63, 3.8) is 0 Å². The molecule has 0 bridgehead atoms. The van der Waals surface area contributed by atoms with Crippen LogP contribution in [0.5, 0.6) is 0 Å². The van der Waals surface area contributed by atoms with Crippen LogP contribution in [0.2, 0.25) is 0 Å². The Morgan fingerprint density at radius 2 is 2.30 bits per heavy atom. The zero-order valence-corrected chi connectivity index (χ0v) is 11.5. The number of ether oxygens (including phenoxy) is 1. The smallest absolute Gasteiger partial charge is 0.172 e. The van der Waals surface area contributed by atoms with E-state index in [1.807, 2.05) is 18.2 Å². The number of carbonyl (C=O) groups excluding carboxylic acids is 1. The molecule has 0 N–H and O–H groups in total. The number of aryl methyl sites for hydroxylation is 1. The number of carbonyl (C=O) groups is 1. The normalized spacial score (nSPS) is 18.4. The van der Waals surface area contributed by atoms with Gasteiger partial charge in [0.15, 0.2) is 12.0 Å². The van der Waals surface area contributed by atoms with Crippen LogP contribution in [-0.4, -0.2) is 27.9 Å². The molecule has 20 heavy (non-hydrogen) atoms. The van der Waals surface area contributed by atoms with Gasteiger partial charge >= 0.3 is 0 Å². The summed E-state index contributed by atoms with van der Waals surface area (Å²) in [5.41, 5.74) is 3.30. The van der Waals surface area contributed by atoms with Crippen molar-refractivity contribution < 1.29 is 9.53 Å². The number of nitrogens with zero attached hydrogens (tertiary/aromatic N) is 3. The van der Waals surface area contributed by atoms with Gasteiger partial charge in [-0.25, -0.2) is 4.68 Å². The Morgan fingerprint density at radius 3 is 3.00 bits per heavy atom. The highest BCUT2D eigenvalue weighted by molar-refractivity contribution is 5.74. The Hall–Kier alpha value is -2.01. The third kappa shape index (κ3) is 2.14. The van der Waals surface area contributed by atoms with Gasteiger partial charge in [0.2, 0.25) is 0 Å². The van der Waals surface area contributed by atoms with Crippen molar-refractivity contribution in [1.82, 2.24) is 15.0 Å². The van der Waals surface area contributed by atoms with E-state index in [4.69, 9.17) is 4.74 Å². The second-order valence-electron chi connectivity index (χ2n) is 4.87. The first kappa shape index (κ1) is 13.0.